The lowest BCUT2D eigenvalue weighted by molar-refractivity contribution is -0.00887. The molecule has 1 saturated heterocycles. The molecule has 1 N–H and O–H groups in total. The van der Waals surface area contributed by atoms with E-state index < -0.39 is 0 Å². The van der Waals surface area contributed by atoms with Gasteiger partial charge in [-0.1, -0.05) is 25.5 Å². The zero-order valence-electron chi connectivity index (χ0n) is 10.1. The van der Waals surface area contributed by atoms with Gasteiger partial charge in [-0.3, -0.25) is 0 Å². The predicted octanol–water partition coefficient (Wildman–Crippen LogP) is 3.12. The van der Waals surface area contributed by atoms with E-state index in [4.69, 9.17) is 0 Å². The van der Waals surface area contributed by atoms with Crippen LogP contribution in [0.25, 0.3) is 0 Å². The third-order valence-corrected chi connectivity index (χ3v) is 5.23. The summed E-state index contributed by atoms with van der Waals surface area (Å²) in [6.45, 7) is 6.19. The average molecular weight is 205 g/mol. The highest BCUT2D eigenvalue weighted by Crippen LogP contribution is 2.59. The zero-order chi connectivity index (χ0) is 10.5. The second-order valence-corrected chi connectivity index (χ2v) is 6.32. The molecule has 2 fully saturated rings. The SMILES string of the molecule is CC1(C)C2CC=C(CC3CCCN3)C1C2. The van der Waals surface area contributed by atoms with Crippen molar-refractivity contribution in [3.8, 4) is 0 Å². The molecule has 2 bridgehead atoms. The van der Waals surface area contributed by atoms with Gasteiger partial charge in [0.05, 0.1) is 0 Å². The molecule has 0 spiro atoms. The fourth-order valence-corrected chi connectivity index (χ4v) is 3.92. The van der Waals surface area contributed by atoms with Crippen LogP contribution in [-0.2, 0) is 0 Å². The van der Waals surface area contributed by atoms with Crippen molar-refractivity contribution < 1.29 is 0 Å². The molecule has 4 rings (SSSR count). The molecule has 0 radical (unpaired) electrons. The van der Waals surface area contributed by atoms with E-state index in [2.05, 4.69) is 25.2 Å². The van der Waals surface area contributed by atoms with E-state index in [1.54, 1.807) is 5.57 Å². The van der Waals surface area contributed by atoms with Crippen LogP contribution >= 0.6 is 0 Å². The van der Waals surface area contributed by atoms with Crippen LogP contribution in [-0.4, -0.2) is 12.6 Å². The molecule has 0 aromatic carbocycles. The van der Waals surface area contributed by atoms with Crippen molar-refractivity contribution in [2.24, 2.45) is 17.3 Å². The molecule has 1 saturated carbocycles. The Bertz CT molecular complexity index is 284. The van der Waals surface area contributed by atoms with Crippen molar-refractivity contribution >= 4 is 0 Å². The number of hydrogen-bond acceptors (Lipinski definition) is 1. The van der Waals surface area contributed by atoms with E-state index in [0.29, 0.717) is 5.41 Å². The Kier molecular flexibility index (Phi) is 2.21. The van der Waals surface area contributed by atoms with E-state index in [-0.39, 0.29) is 0 Å². The predicted molar refractivity (Wildman–Crippen MR) is 63.7 cm³/mol. The number of nitrogens with one attached hydrogen (secondary N) is 1. The van der Waals surface area contributed by atoms with Crippen LogP contribution in [0.5, 0.6) is 0 Å². The van der Waals surface area contributed by atoms with Crippen LogP contribution in [0.1, 0.15) is 46.0 Å². The van der Waals surface area contributed by atoms with Crippen molar-refractivity contribution in [2.75, 3.05) is 6.54 Å². The van der Waals surface area contributed by atoms with Crippen LogP contribution in [0.4, 0.5) is 0 Å². The Balaban J connectivity index is 1.69. The molecule has 1 aliphatic heterocycles. The first kappa shape index (κ1) is 9.89. The highest BCUT2D eigenvalue weighted by atomic mass is 14.9. The van der Waals surface area contributed by atoms with Gasteiger partial charge in [-0.05, 0) is 55.9 Å². The van der Waals surface area contributed by atoms with Gasteiger partial charge in [0.25, 0.3) is 0 Å². The largest absolute Gasteiger partial charge is 0.314 e. The molecule has 0 aromatic rings. The van der Waals surface area contributed by atoms with Crippen molar-refractivity contribution in [1.29, 1.82) is 0 Å². The summed E-state index contributed by atoms with van der Waals surface area (Å²) in [6.07, 6.45) is 9.50. The lowest BCUT2D eigenvalue weighted by atomic mass is 9.48. The number of allylic oxidation sites excluding steroid dienone is 1. The van der Waals surface area contributed by atoms with E-state index in [1.807, 2.05) is 0 Å². The van der Waals surface area contributed by atoms with Gasteiger partial charge >= 0.3 is 0 Å². The van der Waals surface area contributed by atoms with Crippen LogP contribution in [0.2, 0.25) is 0 Å². The summed E-state index contributed by atoms with van der Waals surface area (Å²) in [7, 11) is 0. The Morgan fingerprint density at radius 3 is 2.93 bits per heavy atom. The molecule has 3 aliphatic carbocycles. The molecule has 1 heterocycles. The normalized spacial score (nSPS) is 42.3. The Labute approximate surface area is 93.3 Å². The van der Waals surface area contributed by atoms with Gasteiger partial charge in [-0.2, -0.15) is 0 Å². The van der Waals surface area contributed by atoms with Crippen molar-refractivity contribution in [3.63, 3.8) is 0 Å². The summed E-state index contributed by atoms with van der Waals surface area (Å²) in [6, 6.07) is 0.796. The summed E-state index contributed by atoms with van der Waals surface area (Å²) in [5.41, 5.74) is 2.39. The van der Waals surface area contributed by atoms with Crippen molar-refractivity contribution in [1.82, 2.24) is 5.32 Å². The van der Waals surface area contributed by atoms with Crippen LogP contribution in [0.15, 0.2) is 11.6 Å². The third kappa shape index (κ3) is 1.47. The van der Waals surface area contributed by atoms with E-state index in [9.17, 15) is 0 Å². The van der Waals surface area contributed by atoms with Crippen LogP contribution in [0, 0.1) is 17.3 Å². The van der Waals surface area contributed by atoms with Gasteiger partial charge in [-0.25, -0.2) is 0 Å². The molecule has 1 nitrogen and oxygen atoms in total. The molecule has 0 aromatic heterocycles. The Hall–Kier alpha value is -0.300. The molecule has 15 heavy (non-hydrogen) atoms. The second-order valence-electron chi connectivity index (χ2n) is 6.32. The third-order valence-electron chi connectivity index (χ3n) is 5.23. The first-order chi connectivity index (χ1) is 7.18. The second kappa shape index (κ2) is 3.35. The quantitative estimate of drug-likeness (QED) is 0.683. The first-order valence-corrected chi connectivity index (χ1v) is 6.60. The molecule has 84 valence electrons. The summed E-state index contributed by atoms with van der Waals surface area (Å²) in [5, 5.41) is 3.63. The van der Waals surface area contributed by atoms with E-state index in [0.717, 1.165) is 17.9 Å². The summed E-state index contributed by atoms with van der Waals surface area (Å²) >= 11 is 0. The molecule has 3 unspecified atom stereocenters. The van der Waals surface area contributed by atoms with Crippen LogP contribution < -0.4 is 5.32 Å². The van der Waals surface area contributed by atoms with Gasteiger partial charge in [0.1, 0.15) is 0 Å². The molecule has 1 heteroatoms. The highest BCUT2D eigenvalue weighted by molar-refractivity contribution is 5.24. The average Bonchev–Trinajstić information content (AvgIpc) is 2.70. The number of hydrogen-bond donors (Lipinski definition) is 1. The van der Waals surface area contributed by atoms with Gasteiger partial charge in [-0.15, -0.1) is 0 Å². The Morgan fingerprint density at radius 2 is 2.33 bits per heavy atom. The minimum absolute atomic E-state index is 0.614. The maximum atomic E-state index is 3.63. The lowest BCUT2D eigenvalue weighted by Gasteiger charge is -2.57. The summed E-state index contributed by atoms with van der Waals surface area (Å²) < 4.78 is 0. The number of fused-ring (bicyclic) bond motifs is 1. The molecular formula is C14H23N. The molecular weight excluding hydrogens is 182 g/mol. The molecule has 0 amide bonds. The van der Waals surface area contributed by atoms with Crippen molar-refractivity contribution in [3.05, 3.63) is 11.6 Å². The van der Waals surface area contributed by atoms with Gasteiger partial charge in [0.15, 0.2) is 0 Å². The Morgan fingerprint density at radius 1 is 1.47 bits per heavy atom. The van der Waals surface area contributed by atoms with E-state index >= 15 is 0 Å². The van der Waals surface area contributed by atoms with Crippen LogP contribution in [0.3, 0.4) is 0 Å². The topological polar surface area (TPSA) is 12.0 Å². The minimum atomic E-state index is 0.614. The lowest BCUT2D eigenvalue weighted by Crippen LogP contribution is -2.48. The molecule has 3 atom stereocenters. The van der Waals surface area contributed by atoms with Gasteiger partial charge in [0, 0.05) is 6.04 Å². The fraction of sp³-hybridized carbons (Fsp3) is 0.857. The standard InChI is InChI=1S/C14H23N/c1-14(2)11-6-5-10(13(14)9-11)8-12-4-3-7-15-12/h5,11-13,15H,3-4,6-9H2,1-2H3. The maximum absolute atomic E-state index is 3.63. The zero-order valence-corrected chi connectivity index (χ0v) is 10.1. The minimum Gasteiger partial charge on any atom is -0.314 e. The summed E-state index contributed by atoms with van der Waals surface area (Å²) in [5.74, 6) is 1.90. The number of rotatable bonds is 2. The van der Waals surface area contributed by atoms with Gasteiger partial charge < -0.3 is 5.32 Å². The first-order valence-electron chi connectivity index (χ1n) is 6.60. The van der Waals surface area contributed by atoms with Crippen molar-refractivity contribution in [2.45, 2.75) is 52.0 Å². The summed E-state index contributed by atoms with van der Waals surface area (Å²) in [4.78, 5) is 0. The van der Waals surface area contributed by atoms with E-state index in [1.165, 1.54) is 38.6 Å². The molecule has 4 aliphatic rings. The van der Waals surface area contributed by atoms with Gasteiger partial charge in [0.2, 0.25) is 0 Å². The fourth-order valence-electron chi connectivity index (χ4n) is 3.92. The maximum Gasteiger partial charge on any atom is 0.0105 e. The highest BCUT2D eigenvalue weighted by Gasteiger charge is 2.51. The monoisotopic (exact) mass is 205 g/mol. The smallest absolute Gasteiger partial charge is 0.0105 e.